The second kappa shape index (κ2) is 4.10. The van der Waals surface area contributed by atoms with Crippen molar-refractivity contribution in [1.29, 1.82) is 0 Å². The molecule has 5 heteroatoms. The smallest absolute Gasteiger partial charge is 0.212 e. The molecule has 0 spiro atoms. The first kappa shape index (κ1) is 10.7. The Balaban J connectivity index is 2.10. The summed E-state index contributed by atoms with van der Waals surface area (Å²) in [5.74, 6) is 0.257. The number of imidazole rings is 1. The van der Waals surface area contributed by atoms with E-state index in [-0.39, 0.29) is 0 Å². The highest BCUT2D eigenvalue weighted by atomic mass is 19.1. The molecule has 3 heterocycles. The van der Waals surface area contributed by atoms with Gasteiger partial charge in [-0.2, -0.15) is 4.39 Å². The SMILES string of the molecule is COc1ccc2nc(-c3ccc(F)nc3)cn2c1. The monoisotopic (exact) mass is 243 g/mol. The molecule has 3 aromatic rings. The Hall–Kier alpha value is -2.43. The normalized spacial score (nSPS) is 10.8. The molecule has 0 saturated heterocycles. The minimum absolute atomic E-state index is 0.496. The average Bonchev–Trinajstić information content (AvgIpc) is 2.82. The summed E-state index contributed by atoms with van der Waals surface area (Å²) in [6, 6.07) is 6.68. The molecule has 0 aliphatic rings. The summed E-state index contributed by atoms with van der Waals surface area (Å²) in [6.45, 7) is 0. The van der Waals surface area contributed by atoms with Gasteiger partial charge in [0.1, 0.15) is 11.4 Å². The summed E-state index contributed by atoms with van der Waals surface area (Å²) >= 11 is 0. The van der Waals surface area contributed by atoms with Crippen molar-refractivity contribution in [2.45, 2.75) is 0 Å². The Bertz CT molecular complexity index is 691. The summed E-state index contributed by atoms with van der Waals surface area (Å²) in [5.41, 5.74) is 2.32. The first-order valence-electron chi connectivity index (χ1n) is 5.41. The van der Waals surface area contributed by atoms with Crippen molar-refractivity contribution in [3.63, 3.8) is 0 Å². The Kier molecular flexibility index (Phi) is 2.44. The van der Waals surface area contributed by atoms with E-state index in [1.807, 2.05) is 28.9 Å². The quantitative estimate of drug-likeness (QED) is 0.649. The molecule has 0 aliphatic carbocycles. The van der Waals surface area contributed by atoms with Gasteiger partial charge >= 0.3 is 0 Å². The van der Waals surface area contributed by atoms with Gasteiger partial charge in [0.2, 0.25) is 5.95 Å². The molecular formula is C13H10FN3O. The van der Waals surface area contributed by atoms with E-state index >= 15 is 0 Å². The van der Waals surface area contributed by atoms with Gasteiger partial charge in [-0.15, -0.1) is 0 Å². The third-order valence-corrected chi connectivity index (χ3v) is 2.68. The van der Waals surface area contributed by atoms with Crippen LogP contribution in [0.25, 0.3) is 16.9 Å². The third kappa shape index (κ3) is 1.79. The standard InChI is InChI=1S/C13H10FN3O/c1-18-10-3-5-13-16-11(8-17(13)7-10)9-2-4-12(14)15-6-9/h2-8H,1H3. The molecule has 0 N–H and O–H groups in total. The Morgan fingerprint density at radius 2 is 2.06 bits per heavy atom. The van der Waals surface area contributed by atoms with E-state index in [4.69, 9.17) is 4.74 Å². The van der Waals surface area contributed by atoms with Crippen molar-refractivity contribution in [2.24, 2.45) is 0 Å². The lowest BCUT2D eigenvalue weighted by atomic mass is 10.2. The molecular weight excluding hydrogens is 233 g/mol. The van der Waals surface area contributed by atoms with E-state index in [9.17, 15) is 4.39 Å². The van der Waals surface area contributed by atoms with Crippen LogP contribution >= 0.6 is 0 Å². The zero-order chi connectivity index (χ0) is 12.5. The van der Waals surface area contributed by atoms with Gasteiger partial charge in [-0.05, 0) is 24.3 Å². The van der Waals surface area contributed by atoms with Gasteiger partial charge in [0.05, 0.1) is 19.0 Å². The Morgan fingerprint density at radius 3 is 2.78 bits per heavy atom. The molecule has 0 aliphatic heterocycles. The molecule has 0 aromatic carbocycles. The van der Waals surface area contributed by atoms with Crippen LogP contribution in [0, 0.1) is 5.95 Å². The van der Waals surface area contributed by atoms with Crippen LogP contribution in [-0.4, -0.2) is 21.5 Å². The molecule has 0 radical (unpaired) electrons. The lowest BCUT2D eigenvalue weighted by molar-refractivity contribution is 0.412. The number of methoxy groups -OCH3 is 1. The second-order valence-corrected chi connectivity index (χ2v) is 3.83. The maximum absolute atomic E-state index is 12.8. The number of hydrogen-bond donors (Lipinski definition) is 0. The van der Waals surface area contributed by atoms with E-state index in [1.54, 1.807) is 13.2 Å². The molecule has 90 valence electrons. The lowest BCUT2D eigenvalue weighted by Crippen LogP contribution is -1.86. The van der Waals surface area contributed by atoms with Gasteiger partial charge in [-0.3, -0.25) is 0 Å². The van der Waals surface area contributed by atoms with Crippen molar-refractivity contribution >= 4 is 5.65 Å². The van der Waals surface area contributed by atoms with Crippen LogP contribution in [-0.2, 0) is 0 Å². The average molecular weight is 243 g/mol. The minimum atomic E-state index is -0.496. The molecule has 3 aromatic heterocycles. The van der Waals surface area contributed by atoms with E-state index in [2.05, 4.69) is 9.97 Å². The number of aromatic nitrogens is 3. The highest BCUT2D eigenvalue weighted by Gasteiger charge is 2.05. The number of pyridine rings is 2. The van der Waals surface area contributed by atoms with Crippen molar-refractivity contribution in [2.75, 3.05) is 7.11 Å². The topological polar surface area (TPSA) is 39.4 Å². The van der Waals surface area contributed by atoms with Crippen LogP contribution < -0.4 is 4.74 Å². The van der Waals surface area contributed by atoms with Crippen LogP contribution in [0.1, 0.15) is 0 Å². The van der Waals surface area contributed by atoms with Crippen molar-refractivity contribution < 1.29 is 9.13 Å². The first-order valence-corrected chi connectivity index (χ1v) is 5.41. The predicted octanol–water partition coefficient (Wildman–Crippen LogP) is 2.54. The number of rotatable bonds is 2. The molecule has 0 atom stereocenters. The zero-order valence-electron chi connectivity index (χ0n) is 9.67. The Labute approximate surface area is 103 Å². The Morgan fingerprint density at radius 1 is 1.17 bits per heavy atom. The van der Waals surface area contributed by atoms with Gasteiger partial charge in [0.25, 0.3) is 0 Å². The molecule has 0 fully saturated rings. The van der Waals surface area contributed by atoms with Gasteiger partial charge in [0, 0.05) is 18.0 Å². The number of fused-ring (bicyclic) bond motifs is 1. The van der Waals surface area contributed by atoms with Crippen LogP contribution in [0.3, 0.4) is 0 Å². The first-order chi connectivity index (χ1) is 8.76. The molecule has 0 saturated carbocycles. The number of nitrogens with zero attached hydrogens (tertiary/aromatic N) is 3. The summed E-state index contributed by atoms with van der Waals surface area (Å²) in [6.07, 6.45) is 5.16. The highest BCUT2D eigenvalue weighted by Crippen LogP contribution is 2.20. The molecule has 3 rings (SSSR count). The predicted molar refractivity (Wildman–Crippen MR) is 64.9 cm³/mol. The summed E-state index contributed by atoms with van der Waals surface area (Å²) in [5, 5.41) is 0. The molecule has 0 amide bonds. The largest absolute Gasteiger partial charge is 0.495 e. The fourth-order valence-corrected chi connectivity index (χ4v) is 1.76. The van der Waals surface area contributed by atoms with E-state index in [1.165, 1.54) is 12.3 Å². The molecule has 0 unspecified atom stereocenters. The lowest BCUT2D eigenvalue weighted by Gasteiger charge is -1.98. The molecule has 4 nitrogen and oxygen atoms in total. The van der Waals surface area contributed by atoms with E-state index in [0.29, 0.717) is 0 Å². The van der Waals surface area contributed by atoms with Gasteiger partial charge in [0.15, 0.2) is 0 Å². The van der Waals surface area contributed by atoms with Crippen molar-refractivity contribution in [3.8, 4) is 17.0 Å². The van der Waals surface area contributed by atoms with Crippen LogP contribution in [0.5, 0.6) is 5.75 Å². The number of halogens is 1. The van der Waals surface area contributed by atoms with Gasteiger partial charge in [-0.1, -0.05) is 0 Å². The summed E-state index contributed by atoms with van der Waals surface area (Å²) in [7, 11) is 1.61. The highest BCUT2D eigenvalue weighted by molar-refractivity contribution is 5.61. The zero-order valence-corrected chi connectivity index (χ0v) is 9.67. The fourth-order valence-electron chi connectivity index (χ4n) is 1.76. The second-order valence-electron chi connectivity index (χ2n) is 3.83. The number of ether oxygens (including phenoxy) is 1. The minimum Gasteiger partial charge on any atom is -0.495 e. The van der Waals surface area contributed by atoms with Crippen molar-refractivity contribution in [1.82, 2.24) is 14.4 Å². The van der Waals surface area contributed by atoms with Gasteiger partial charge < -0.3 is 9.14 Å². The summed E-state index contributed by atoms with van der Waals surface area (Å²) in [4.78, 5) is 8.05. The fraction of sp³-hybridized carbons (Fsp3) is 0.0769. The van der Waals surface area contributed by atoms with E-state index < -0.39 is 5.95 Å². The summed E-state index contributed by atoms with van der Waals surface area (Å²) < 4.78 is 19.8. The van der Waals surface area contributed by atoms with Crippen LogP contribution in [0.15, 0.2) is 42.9 Å². The van der Waals surface area contributed by atoms with E-state index in [0.717, 1.165) is 22.7 Å². The number of hydrogen-bond acceptors (Lipinski definition) is 3. The maximum Gasteiger partial charge on any atom is 0.212 e. The molecule has 0 bridgehead atoms. The maximum atomic E-state index is 12.8. The van der Waals surface area contributed by atoms with Gasteiger partial charge in [-0.25, -0.2) is 9.97 Å². The third-order valence-electron chi connectivity index (χ3n) is 2.68. The molecule has 18 heavy (non-hydrogen) atoms. The van der Waals surface area contributed by atoms with Crippen LogP contribution in [0.4, 0.5) is 4.39 Å². The van der Waals surface area contributed by atoms with Crippen LogP contribution in [0.2, 0.25) is 0 Å². The van der Waals surface area contributed by atoms with Crippen molar-refractivity contribution in [3.05, 3.63) is 48.8 Å².